The van der Waals surface area contributed by atoms with Crippen LogP contribution in [-0.2, 0) is 4.74 Å². The number of morpholine rings is 1. The van der Waals surface area contributed by atoms with Crippen LogP contribution >= 0.6 is 0 Å². The molecule has 2 N–H and O–H groups in total. The van der Waals surface area contributed by atoms with Crippen LogP contribution in [0.5, 0.6) is 0 Å². The molecular formula is C15H22F2N2O. The molecule has 1 aromatic rings. The van der Waals surface area contributed by atoms with Gasteiger partial charge < -0.3 is 10.5 Å². The Morgan fingerprint density at radius 3 is 2.55 bits per heavy atom. The summed E-state index contributed by atoms with van der Waals surface area (Å²) in [5.74, 6) is -1.16. The largest absolute Gasteiger partial charge is 0.378 e. The van der Waals surface area contributed by atoms with Gasteiger partial charge in [0.1, 0.15) is 11.6 Å². The number of hydrogen-bond acceptors (Lipinski definition) is 3. The zero-order valence-electron chi connectivity index (χ0n) is 12.0. The highest BCUT2D eigenvalue weighted by molar-refractivity contribution is 5.21. The number of rotatable bonds is 4. The molecule has 0 amide bonds. The second kappa shape index (κ2) is 6.16. The zero-order chi connectivity index (χ0) is 14.8. The fourth-order valence-electron chi connectivity index (χ4n) is 2.56. The molecule has 2 rings (SSSR count). The minimum atomic E-state index is -0.581. The fourth-order valence-corrected chi connectivity index (χ4v) is 2.56. The minimum Gasteiger partial charge on any atom is -0.378 e. The van der Waals surface area contributed by atoms with Crippen molar-refractivity contribution in [1.29, 1.82) is 0 Å². The molecule has 1 fully saturated rings. The van der Waals surface area contributed by atoms with E-state index in [1.165, 1.54) is 12.1 Å². The number of hydrogen-bond donors (Lipinski definition) is 1. The quantitative estimate of drug-likeness (QED) is 0.923. The van der Waals surface area contributed by atoms with Crippen LogP contribution in [0.4, 0.5) is 8.78 Å². The van der Waals surface area contributed by atoms with Gasteiger partial charge in [0.2, 0.25) is 0 Å². The number of ether oxygens (including phenoxy) is 1. The van der Waals surface area contributed by atoms with E-state index in [9.17, 15) is 8.78 Å². The molecule has 1 aliphatic heterocycles. The van der Waals surface area contributed by atoms with Gasteiger partial charge in [0.25, 0.3) is 0 Å². The molecule has 0 saturated carbocycles. The smallest absolute Gasteiger partial charge is 0.126 e. The molecule has 0 aromatic heterocycles. The minimum absolute atomic E-state index is 0.0227. The molecule has 112 valence electrons. The van der Waals surface area contributed by atoms with Crippen molar-refractivity contribution in [1.82, 2.24) is 4.90 Å². The topological polar surface area (TPSA) is 38.5 Å². The first kappa shape index (κ1) is 15.4. The first-order valence-electron chi connectivity index (χ1n) is 6.93. The van der Waals surface area contributed by atoms with Crippen molar-refractivity contribution in [3.63, 3.8) is 0 Å². The molecule has 0 radical (unpaired) electrons. The van der Waals surface area contributed by atoms with Gasteiger partial charge in [-0.25, -0.2) is 8.78 Å². The van der Waals surface area contributed by atoms with Crippen LogP contribution in [0.25, 0.3) is 0 Å². The van der Waals surface area contributed by atoms with Crippen molar-refractivity contribution in [3.05, 3.63) is 35.4 Å². The Kier molecular flexibility index (Phi) is 4.73. The molecule has 1 aliphatic rings. The van der Waals surface area contributed by atoms with Gasteiger partial charge in [-0.15, -0.1) is 0 Å². The number of halogens is 2. The van der Waals surface area contributed by atoms with Crippen molar-refractivity contribution < 1.29 is 13.5 Å². The highest BCUT2D eigenvalue weighted by atomic mass is 19.1. The Hall–Kier alpha value is -1.04. The molecule has 1 heterocycles. The van der Waals surface area contributed by atoms with Gasteiger partial charge in [0.15, 0.2) is 0 Å². The van der Waals surface area contributed by atoms with Gasteiger partial charge in [0.05, 0.1) is 13.2 Å². The Bertz CT molecular complexity index is 445. The molecule has 20 heavy (non-hydrogen) atoms. The summed E-state index contributed by atoms with van der Waals surface area (Å²) in [6.07, 6.45) is 0.659. The summed E-state index contributed by atoms with van der Waals surface area (Å²) in [6, 6.07) is 3.11. The Morgan fingerprint density at radius 2 is 1.95 bits per heavy atom. The van der Waals surface area contributed by atoms with Crippen molar-refractivity contribution in [2.75, 3.05) is 26.3 Å². The van der Waals surface area contributed by atoms with Gasteiger partial charge in [-0.05, 0) is 38.0 Å². The lowest BCUT2D eigenvalue weighted by Crippen LogP contribution is -2.53. The van der Waals surface area contributed by atoms with E-state index >= 15 is 0 Å². The van der Waals surface area contributed by atoms with Crippen LogP contribution in [-0.4, -0.2) is 36.7 Å². The molecule has 1 unspecified atom stereocenters. The van der Waals surface area contributed by atoms with Crippen LogP contribution in [0.1, 0.15) is 31.9 Å². The van der Waals surface area contributed by atoms with Crippen molar-refractivity contribution in [2.24, 2.45) is 5.73 Å². The third-order valence-corrected chi connectivity index (χ3v) is 3.84. The van der Waals surface area contributed by atoms with Gasteiger partial charge in [0, 0.05) is 30.7 Å². The molecule has 1 aromatic carbocycles. The van der Waals surface area contributed by atoms with Crippen LogP contribution < -0.4 is 5.73 Å². The molecule has 3 nitrogen and oxygen atoms in total. The van der Waals surface area contributed by atoms with E-state index in [1.54, 1.807) is 0 Å². The van der Waals surface area contributed by atoms with E-state index in [0.29, 0.717) is 25.2 Å². The predicted molar refractivity (Wildman–Crippen MR) is 74.4 cm³/mol. The second-order valence-corrected chi connectivity index (χ2v) is 5.95. The summed E-state index contributed by atoms with van der Waals surface area (Å²) in [6.45, 7) is 7.30. The SMILES string of the molecule is CC1(C)COCCN1CCC(N)c1cc(F)cc(F)c1. The second-order valence-electron chi connectivity index (χ2n) is 5.95. The van der Waals surface area contributed by atoms with Crippen LogP contribution in [0.2, 0.25) is 0 Å². The summed E-state index contributed by atoms with van der Waals surface area (Å²) < 4.78 is 31.8. The Labute approximate surface area is 118 Å². The molecule has 5 heteroatoms. The molecular weight excluding hydrogens is 262 g/mol. The van der Waals surface area contributed by atoms with Crippen LogP contribution in [0, 0.1) is 11.6 Å². The standard InChI is InChI=1S/C15H22F2N2O/c1-15(2)10-20-6-5-19(15)4-3-14(18)11-7-12(16)9-13(17)8-11/h7-9,14H,3-6,10,18H2,1-2H3. The molecule has 0 spiro atoms. The van der Waals surface area contributed by atoms with E-state index in [-0.39, 0.29) is 11.6 Å². The van der Waals surface area contributed by atoms with Crippen molar-refractivity contribution >= 4 is 0 Å². The molecule has 1 atom stereocenters. The average Bonchev–Trinajstić information content (AvgIpc) is 2.35. The van der Waals surface area contributed by atoms with Crippen LogP contribution in [0.15, 0.2) is 18.2 Å². The first-order valence-corrected chi connectivity index (χ1v) is 6.93. The first-order chi connectivity index (χ1) is 9.38. The number of nitrogens with two attached hydrogens (primary N) is 1. The highest BCUT2D eigenvalue weighted by Gasteiger charge is 2.30. The summed E-state index contributed by atoms with van der Waals surface area (Å²) in [5.41, 5.74) is 6.53. The van der Waals surface area contributed by atoms with Gasteiger partial charge >= 0.3 is 0 Å². The Morgan fingerprint density at radius 1 is 1.30 bits per heavy atom. The molecule has 0 aliphatic carbocycles. The number of benzene rings is 1. The van der Waals surface area contributed by atoms with E-state index in [2.05, 4.69) is 18.7 Å². The molecule has 1 saturated heterocycles. The van der Waals surface area contributed by atoms with Gasteiger partial charge in [-0.1, -0.05) is 0 Å². The Balaban J connectivity index is 1.96. The van der Waals surface area contributed by atoms with E-state index in [0.717, 1.165) is 19.2 Å². The van der Waals surface area contributed by atoms with E-state index in [4.69, 9.17) is 10.5 Å². The normalized spacial score (nSPS) is 20.9. The summed E-state index contributed by atoms with van der Waals surface area (Å²) in [5, 5.41) is 0. The zero-order valence-corrected chi connectivity index (χ0v) is 12.0. The monoisotopic (exact) mass is 284 g/mol. The summed E-state index contributed by atoms with van der Waals surface area (Å²) in [4.78, 5) is 2.31. The maximum absolute atomic E-state index is 13.2. The maximum atomic E-state index is 13.2. The maximum Gasteiger partial charge on any atom is 0.126 e. The lowest BCUT2D eigenvalue weighted by molar-refractivity contribution is -0.0517. The van der Waals surface area contributed by atoms with E-state index < -0.39 is 11.6 Å². The number of nitrogens with zero attached hydrogens (tertiary/aromatic N) is 1. The van der Waals surface area contributed by atoms with Gasteiger partial charge in [-0.2, -0.15) is 0 Å². The predicted octanol–water partition coefficient (Wildman–Crippen LogP) is 2.47. The lowest BCUT2D eigenvalue weighted by atomic mass is 9.99. The molecule has 0 bridgehead atoms. The average molecular weight is 284 g/mol. The summed E-state index contributed by atoms with van der Waals surface area (Å²) >= 11 is 0. The fraction of sp³-hybridized carbons (Fsp3) is 0.600. The van der Waals surface area contributed by atoms with E-state index in [1.807, 2.05) is 0 Å². The van der Waals surface area contributed by atoms with Crippen molar-refractivity contribution in [3.8, 4) is 0 Å². The third kappa shape index (κ3) is 3.75. The van der Waals surface area contributed by atoms with Crippen LogP contribution in [0.3, 0.4) is 0 Å². The highest BCUT2D eigenvalue weighted by Crippen LogP contribution is 2.22. The summed E-state index contributed by atoms with van der Waals surface area (Å²) in [7, 11) is 0. The third-order valence-electron chi connectivity index (χ3n) is 3.84. The van der Waals surface area contributed by atoms with Crippen molar-refractivity contribution in [2.45, 2.75) is 31.8 Å². The van der Waals surface area contributed by atoms with Gasteiger partial charge in [-0.3, -0.25) is 4.90 Å². The lowest BCUT2D eigenvalue weighted by Gasteiger charge is -2.42.